The quantitative estimate of drug-likeness (QED) is 0.492. The van der Waals surface area contributed by atoms with E-state index in [1.165, 1.54) is 11.1 Å². The summed E-state index contributed by atoms with van der Waals surface area (Å²) in [4.78, 5) is 10.9. The van der Waals surface area contributed by atoms with E-state index in [4.69, 9.17) is 0 Å². The number of allylic oxidation sites excluding steroid dienone is 4. The van der Waals surface area contributed by atoms with Crippen LogP contribution in [0, 0.1) is 6.42 Å². The highest BCUT2D eigenvalue weighted by Crippen LogP contribution is 2.30. The molecule has 10 heavy (non-hydrogen) atoms. The Bertz CT molecular complexity index is 233. The van der Waals surface area contributed by atoms with Gasteiger partial charge in [-0.3, -0.25) is 4.79 Å². The molecule has 0 bridgehead atoms. The number of carbonyl (C=O) groups is 1. The molecule has 0 heterocycles. The van der Waals surface area contributed by atoms with E-state index in [2.05, 4.69) is 6.42 Å². The fraction of sp³-hybridized carbons (Fsp3) is 0.333. The maximum Gasteiger partial charge on any atom is 0.159 e. The monoisotopic (exact) mass is 133 g/mol. The van der Waals surface area contributed by atoms with E-state index in [1.54, 1.807) is 6.08 Å². The average molecular weight is 133 g/mol. The second-order valence-electron chi connectivity index (χ2n) is 2.77. The second-order valence-corrected chi connectivity index (χ2v) is 2.77. The first-order chi connectivity index (χ1) is 4.86. The zero-order valence-corrected chi connectivity index (χ0v) is 5.76. The summed E-state index contributed by atoms with van der Waals surface area (Å²) in [5, 5.41) is 0. The van der Waals surface area contributed by atoms with Crippen molar-refractivity contribution in [1.29, 1.82) is 0 Å². The highest BCUT2D eigenvalue weighted by Gasteiger charge is 2.17. The summed E-state index contributed by atoms with van der Waals surface area (Å²) in [5.41, 5.74) is 2.65. The topological polar surface area (TPSA) is 17.1 Å². The second kappa shape index (κ2) is 2.08. The highest BCUT2D eigenvalue weighted by atomic mass is 16.1. The summed E-state index contributed by atoms with van der Waals surface area (Å²) in [7, 11) is 0. The van der Waals surface area contributed by atoms with E-state index < -0.39 is 0 Å². The number of rotatable bonds is 0. The Labute approximate surface area is 60.4 Å². The van der Waals surface area contributed by atoms with Gasteiger partial charge in [-0.25, -0.2) is 0 Å². The van der Waals surface area contributed by atoms with E-state index >= 15 is 0 Å². The lowest BCUT2D eigenvalue weighted by Gasteiger charge is -2.05. The summed E-state index contributed by atoms with van der Waals surface area (Å²) in [5.74, 6) is 0.247. The van der Waals surface area contributed by atoms with Gasteiger partial charge >= 0.3 is 0 Å². The predicted molar refractivity (Wildman–Crippen MR) is 39.3 cm³/mol. The summed E-state index contributed by atoms with van der Waals surface area (Å²) in [6.07, 6.45) is 8.74. The van der Waals surface area contributed by atoms with E-state index in [0.717, 1.165) is 12.8 Å². The molecule has 0 atom stereocenters. The first kappa shape index (κ1) is 5.90. The molecule has 0 amide bonds. The molecule has 0 fully saturated rings. The SMILES string of the molecule is O=C1C=CC2=C([CH]CC2)C1. The molecule has 0 aromatic carbocycles. The molecule has 2 aliphatic carbocycles. The Morgan fingerprint density at radius 1 is 1.20 bits per heavy atom. The highest BCUT2D eigenvalue weighted by molar-refractivity contribution is 5.94. The minimum absolute atomic E-state index is 0.247. The molecular formula is C9H9O. The zero-order chi connectivity index (χ0) is 6.97. The van der Waals surface area contributed by atoms with Crippen molar-refractivity contribution < 1.29 is 4.79 Å². The van der Waals surface area contributed by atoms with Gasteiger partial charge in [0.1, 0.15) is 0 Å². The molecule has 0 aliphatic heterocycles. The Kier molecular flexibility index (Phi) is 1.23. The fourth-order valence-corrected chi connectivity index (χ4v) is 1.51. The van der Waals surface area contributed by atoms with Crippen molar-refractivity contribution in [2.45, 2.75) is 19.3 Å². The van der Waals surface area contributed by atoms with Gasteiger partial charge in [0.2, 0.25) is 0 Å². The molecule has 0 saturated heterocycles. The first-order valence-corrected chi connectivity index (χ1v) is 3.62. The molecular weight excluding hydrogens is 124 g/mol. The third kappa shape index (κ3) is 0.821. The molecule has 1 heteroatoms. The predicted octanol–water partition coefficient (Wildman–Crippen LogP) is 1.81. The first-order valence-electron chi connectivity index (χ1n) is 3.62. The van der Waals surface area contributed by atoms with Gasteiger partial charge in [-0.05, 0) is 30.9 Å². The molecule has 1 radical (unpaired) electrons. The molecule has 0 unspecified atom stereocenters. The average Bonchev–Trinajstić information content (AvgIpc) is 2.33. The zero-order valence-electron chi connectivity index (χ0n) is 5.76. The Balaban J connectivity index is 2.30. The maximum absolute atomic E-state index is 10.9. The van der Waals surface area contributed by atoms with Gasteiger partial charge < -0.3 is 0 Å². The summed E-state index contributed by atoms with van der Waals surface area (Å²) < 4.78 is 0. The van der Waals surface area contributed by atoms with Gasteiger partial charge in [0, 0.05) is 6.42 Å². The molecule has 0 spiro atoms. The lowest BCUT2D eigenvalue weighted by Crippen LogP contribution is -1.99. The van der Waals surface area contributed by atoms with Crippen LogP contribution < -0.4 is 0 Å². The standard InChI is InChI=1S/C9H9O/c10-9-5-4-7-2-1-3-8(7)6-9/h3-5H,1-2,6H2. The van der Waals surface area contributed by atoms with Crippen molar-refractivity contribution in [2.75, 3.05) is 0 Å². The van der Waals surface area contributed by atoms with Crippen molar-refractivity contribution >= 4 is 5.78 Å². The van der Waals surface area contributed by atoms with E-state index in [-0.39, 0.29) is 5.78 Å². The normalized spacial score (nSPS) is 23.8. The summed E-state index contributed by atoms with van der Waals surface area (Å²) in [6, 6.07) is 0. The Hall–Kier alpha value is -0.850. The van der Waals surface area contributed by atoms with Crippen LogP contribution in [0.5, 0.6) is 0 Å². The summed E-state index contributed by atoms with van der Waals surface area (Å²) >= 11 is 0. The van der Waals surface area contributed by atoms with E-state index in [9.17, 15) is 4.79 Å². The van der Waals surface area contributed by atoms with Gasteiger partial charge in [0.15, 0.2) is 5.78 Å². The number of hydrogen-bond donors (Lipinski definition) is 0. The molecule has 0 N–H and O–H groups in total. The van der Waals surface area contributed by atoms with Crippen LogP contribution in [-0.2, 0) is 4.79 Å². The summed E-state index contributed by atoms with van der Waals surface area (Å²) in [6.45, 7) is 0. The Morgan fingerprint density at radius 2 is 2.10 bits per heavy atom. The van der Waals surface area contributed by atoms with Crippen LogP contribution in [0.1, 0.15) is 19.3 Å². The van der Waals surface area contributed by atoms with Crippen molar-refractivity contribution in [1.82, 2.24) is 0 Å². The van der Waals surface area contributed by atoms with Gasteiger partial charge in [0.05, 0.1) is 0 Å². The van der Waals surface area contributed by atoms with Gasteiger partial charge in [-0.1, -0.05) is 11.6 Å². The van der Waals surface area contributed by atoms with Crippen molar-refractivity contribution in [2.24, 2.45) is 0 Å². The third-order valence-corrected chi connectivity index (χ3v) is 2.05. The smallest absolute Gasteiger partial charge is 0.159 e. The molecule has 51 valence electrons. The van der Waals surface area contributed by atoms with Crippen molar-refractivity contribution in [3.05, 3.63) is 29.7 Å². The van der Waals surface area contributed by atoms with E-state index in [0.29, 0.717) is 6.42 Å². The Morgan fingerprint density at radius 3 is 3.00 bits per heavy atom. The van der Waals surface area contributed by atoms with Gasteiger partial charge in [0.25, 0.3) is 0 Å². The van der Waals surface area contributed by atoms with Crippen LogP contribution in [0.4, 0.5) is 0 Å². The van der Waals surface area contributed by atoms with Crippen molar-refractivity contribution in [3.63, 3.8) is 0 Å². The largest absolute Gasteiger partial charge is 0.294 e. The molecule has 2 rings (SSSR count). The minimum Gasteiger partial charge on any atom is -0.294 e. The number of ketones is 1. The van der Waals surface area contributed by atoms with E-state index in [1.807, 2.05) is 6.08 Å². The molecule has 1 nitrogen and oxygen atoms in total. The molecule has 0 saturated carbocycles. The fourth-order valence-electron chi connectivity index (χ4n) is 1.51. The molecule has 2 aliphatic rings. The molecule has 0 aromatic rings. The lowest BCUT2D eigenvalue weighted by molar-refractivity contribution is -0.114. The number of carbonyl (C=O) groups excluding carboxylic acids is 1. The lowest BCUT2D eigenvalue weighted by atomic mass is 10.00. The van der Waals surface area contributed by atoms with Crippen LogP contribution in [0.15, 0.2) is 23.3 Å². The van der Waals surface area contributed by atoms with Crippen LogP contribution in [-0.4, -0.2) is 5.78 Å². The van der Waals surface area contributed by atoms with Gasteiger partial charge in [-0.2, -0.15) is 0 Å². The minimum atomic E-state index is 0.247. The van der Waals surface area contributed by atoms with Crippen molar-refractivity contribution in [3.8, 4) is 0 Å². The number of hydrogen-bond acceptors (Lipinski definition) is 1. The van der Waals surface area contributed by atoms with Crippen LogP contribution in [0.3, 0.4) is 0 Å². The van der Waals surface area contributed by atoms with Crippen LogP contribution in [0.2, 0.25) is 0 Å². The van der Waals surface area contributed by atoms with Gasteiger partial charge in [-0.15, -0.1) is 0 Å². The van der Waals surface area contributed by atoms with Crippen LogP contribution >= 0.6 is 0 Å². The maximum atomic E-state index is 10.9. The van der Waals surface area contributed by atoms with Crippen LogP contribution in [0.25, 0.3) is 0 Å². The molecule has 0 aromatic heterocycles. The third-order valence-electron chi connectivity index (χ3n) is 2.05.